The van der Waals surface area contributed by atoms with Crippen molar-refractivity contribution < 1.29 is 5.11 Å². The number of hydrogen-bond acceptors (Lipinski definition) is 1. The lowest BCUT2D eigenvalue weighted by atomic mass is 9.86. The minimum atomic E-state index is -0.303. The molecule has 1 heteroatoms. The van der Waals surface area contributed by atoms with E-state index in [0.29, 0.717) is 0 Å². The van der Waals surface area contributed by atoms with Crippen LogP contribution in [0, 0.1) is 0 Å². The van der Waals surface area contributed by atoms with Crippen LogP contribution in [0.3, 0.4) is 0 Å². The van der Waals surface area contributed by atoms with E-state index in [9.17, 15) is 5.11 Å². The van der Waals surface area contributed by atoms with E-state index in [4.69, 9.17) is 0 Å². The summed E-state index contributed by atoms with van der Waals surface area (Å²) in [7, 11) is 0. The molecule has 1 aliphatic carbocycles. The number of allylic oxidation sites excluding steroid dienone is 1. The number of aliphatic hydroxyl groups is 1. The lowest BCUT2D eigenvalue weighted by Crippen LogP contribution is -2.19. The fraction of sp³-hybridized carbons (Fsp3) is 0.467. The van der Waals surface area contributed by atoms with Gasteiger partial charge in [0.2, 0.25) is 0 Å². The van der Waals surface area contributed by atoms with Gasteiger partial charge in [-0.2, -0.15) is 0 Å². The van der Waals surface area contributed by atoms with E-state index in [1.165, 1.54) is 24.0 Å². The normalized spacial score (nSPS) is 20.0. The third-order valence-electron chi connectivity index (χ3n) is 3.50. The highest BCUT2D eigenvalue weighted by Gasteiger charge is 2.20. The molecule has 1 aromatic rings. The van der Waals surface area contributed by atoms with Crippen LogP contribution in [0.15, 0.2) is 42.0 Å². The van der Waals surface area contributed by atoms with Crippen molar-refractivity contribution in [3.63, 3.8) is 0 Å². The number of aliphatic hydroxyl groups excluding tert-OH is 1. The van der Waals surface area contributed by atoms with Crippen LogP contribution in [0.4, 0.5) is 0 Å². The largest absolute Gasteiger partial charge is 0.388 e. The van der Waals surface area contributed by atoms with Crippen molar-refractivity contribution in [1.82, 2.24) is 0 Å². The summed E-state index contributed by atoms with van der Waals surface area (Å²) in [6.45, 7) is 2.11. The van der Waals surface area contributed by atoms with Crippen molar-refractivity contribution in [3.8, 4) is 0 Å². The summed E-state index contributed by atoms with van der Waals surface area (Å²) in [6, 6.07) is 10.3. The van der Waals surface area contributed by atoms with Crippen LogP contribution in [0.1, 0.15) is 44.1 Å². The first-order chi connectivity index (χ1) is 7.79. The quantitative estimate of drug-likeness (QED) is 0.765. The Labute approximate surface area is 97.8 Å². The van der Waals surface area contributed by atoms with E-state index in [-0.39, 0.29) is 12.0 Å². The first-order valence-electron chi connectivity index (χ1n) is 6.21. The topological polar surface area (TPSA) is 20.2 Å². The molecular formula is C15H20O. The molecule has 86 valence electrons. The van der Waals surface area contributed by atoms with Crippen LogP contribution in [0.2, 0.25) is 0 Å². The molecule has 1 N–H and O–H groups in total. The Kier molecular flexibility index (Phi) is 3.79. The van der Waals surface area contributed by atoms with E-state index >= 15 is 0 Å². The zero-order chi connectivity index (χ0) is 11.4. The average molecular weight is 216 g/mol. The number of benzene rings is 1. The van der Waals surface area contributed by atoms with Crippen molar-refractivity contribution in [2.75, 3.05) is 0 Å². The Hall–Kier alpha value is -1.08. The highest BCUT2D eigenvalue weighted by Crippen LogP contribution is 2.29. The summed E-state index contributed by atoms with van der Waals surface area (Å²) in [4.78, 5) is 0. The van der Waals surface area contributed by atoms with Gasteiger partial charge in [-0.3, -0.25) is 0 Å². The summed E-state index contributed by atoms with van der Waals surface area (Å²) in [5.41, 5.74) is 2.46. The van der Waals surface area contributed by atoms with Crippen LogP contribution < -0.4 is 0 Å². The minimum absolute atomic E-state index is 0.200. The maximum Gasteiger partial charge on any atom is 0.0815 e. The smallest absolute Gasteiger partial charge is 0.0815 e. The van der Waals surface area contributed by atoms with E-state index in [0.717, 1.165) is 12.8 Å². The van der Waals surface area contributed by atoms with Gasteiger partial charge in [0.1, 0.15) is 0 Å². The fourth-order valence-electron chi connectivity index (χ4n) is 2.39. The molecule has 2 atom stereocenters. The SMILES string of the molecule is CC(c1ccccc1)C(O)C1=CCCCC1. The molecule has 0 radical (unpaired) electrons. The molecule has 0 spiro atoms. The molecule has 1 aromatic carbocycles. The van der Waals surface area contributed by atoms with Gasteiger partial charge in [0.15, 0.2) is 0 Å². The Morgan fingerprint density at radius 1 is 1.12 bits per heavy atom. The summed E-state index contributed by atoms with van der Waals surface area (Å²) in [5.74, 6) is 0.200. The van der Waals surface area contributed by atoms with Crippen molar-refractivity contribution in [1.29, 1.82) is 0 Å². The van der Waals surface area contributed by atoms with Crippen LogP contribution >= 0.6 is 0 Å². The third-order valence-corrected chi connectivity index (χ3v) is 3.50. The predicted octanol–water partition coefficient (Wildman–Crippen LogP) is 3.65. The van der Waals surface area contributed by atoms with Gasteiger partial charge in [0, 0.05) is 5.92 Å². The molecule has 1 aliphatic rings. The molecule has 0 heterocycles. The maximum atomic E-state index is 10.3. The second-order valence-corrected chi connectivity index (χ2v) is 4.67. The molecule has 0 amide bonds. The van der Waals surface area contributed by atoms with E-state index in [1.54, 1.807) is 0 Å². The number of hydrogen-bond donors (Lipinski definition) is 1. The lowest BCUT2D eigenvalue weighted by molar-refractivity contribution is 0.178. The second-order valence-electron chi connectivity index (χ2n) is 4.67. The van der Waals surface area contributed by atoms with Gasteiger partial charge < -0.3 is 5.11 Å². The Bertz CT molecular complexity index is 353. The van der Waals surface area contributed by atoms with Crippen LogP contribution in [0.25, 0.3) is 0 Å². The molecule has 0 fully saturated rings. The van der Waals surface area contributed by atoms with Gasteiger partial charge in [-0.15, -0.1) is 0 Å². The summed E-state index contributed by atoms with van der Waals surface area (Å²) < 4.78 is 0. The monoisotopic (exact) mass is 216 g/mol. The highest BCUT2D eigenvalue weighted by molar-refractivity contribution is 5.24. The van der Waals surface area contributed by atoms with Crippen LogP contribution in [-0.4, -0.2) is 11.2 Å². The third kappa shape index (κ3) is 2.53. The van der Waals surface area contributed by atoms with Gasteiger partial charge in [-0.25, -0.2) is 0 Å². The summed E-state index contributed by atoms with van der Waals surface area (Å²) in [5, 5.41) is 10.3. The molecule has 0 saturated carbocycles. The molecular weight excluding hydrogens is 196 g/mol. The molecule has 1 nitrogen and oxygen atoms in total. The Morgan fingerprint density at radius 3 is 2.50 bits per heavy atom. The van der Waals surface area contributed by atoms with Crippen molar-refractivity contribution in [3.05, 3.63) is 47.5 Å². The fourth-order valence-corrected chi connectivity index (χ4v) is 2.39. The summed E-state index contributed by atoms with van der Waals surface area (Å²) in [6.07, 6.45) is 6.63. The number of rotatable bonds is 3. The van der Waals surface area contributed by atoms with Gasteiger partial charge in [-0.1, -0.05) is 43.3 Å². The second kappa shape index (κ2) is 5.31. The zero-order valence-corrected chi connectivity index (χ0v) is 9.89. The first-order valence-corrected chi connectivity index (χ1v) is 6.21. The molecule has 2 unspecified atom stereocenters. The van der Waals surface area contributed by atoms with Crippen LogP contribution in [0.5, 0.6) is 0 Å². The summed E-state index contributed by atoms with van der Waals surface area (Å²) >= 11 is 0. The molecule has 0 saturated heterocycles. The maximum absolute atomic E-state index is 10.3. The van der Waals surface area contributed by atoms with Crippen molar-refractivity contribution >= 4 is 0 Å². The van der Waals surface area contributed by atoms with Gasteiger partial charge in [-0.05, 0) is 36.8 Å². The lowest BCUT2D eigenvalue weighted by Gasteiger charge is -2.24. The van der Waals surface area contributed by atoms with E-state index < -0.39 is 0 Å². The standard InChI is InChI=1S/C15H20O/c1-12(13-8-4-2-5-9-13)15(16)14-10-6-3-7-11-14/h2,4-5,8-10,12,15-16H,3,6-7,11H2,1H3. The highest BCUT2D eigenvalue weighted by atomic mass is 16.3. The van der Waals surface area contributed by atoms with E-state index in [1.807, 2.05) is 18.2 Å². The zero-order valence-electron chi connectivity index (χ0n) is 9.89. The van der Waals surface area contributed by atoms with Gasteiger partial charge >= 0.3 is 0 Å². The van der Waals surface area contributed by atoms with E-state index in [2.05, 4.69) is 25.1 Å². The predicted molar refractivity (Wildman–Crippen MR) is 67.4 cm³/mol. The molecule has 0 aromatic heterocycles. The molecule has 16 heavy (non-hydrogen) atoms. The average Bonchev–Trinajstić information content (AvgIpc) is 2.39. The Balaban J connectivity index is 2.09. The minimum Gasteiger partial charge on any atom is -0.388 e. The van der Waals surface area contributed by atoms with Gasteiger partial charge in [0.05, 0.1) is 6.10 Å². The molecule has 2 rings (SSSR count). The first kappa shape index (κ1) is 11.4. The van der Waals surface area contributed by atoms with Crippen molar-refractivity contribution in [2.24, 2.45) is 0 Å². The molecule has 0 bridgehead atoms. The Morgan fingerprint density at radius 2 is 1.88 bits per heavy atom. The molecule has 0 aliphatic heterocycles. The van der Waals surface area contributed by atoms with Crippen molar-refractivity contribution in [2.45, 2.75) is 44.6 Å². The van der Waals surface area contributed by atoms with Gasteiger partial charge in [0.25, 0.3) is 0 Å². The van der Waals surface area contributed by atoms with Crippen LogP contribution in [-0.2, 0) is 0 Å².